The lowest BCUT2D eigenvalue weighted by Gasteiger charge is -2.30. The van der Waals surface area contributed by atoms with Gasteiger partial charge in [-0.2, -0.15) is 0 Å². The molecule has 0 bridgehead atoms. The zero-order chi connectivity index (χ0) is 13.6. The van der Waals surface area contributed by atoms with Crippen molar-refractivity contribution >= 4 is 5.97 Å². The van der Waals surface area contributed by atoms with Gasteiger partial charge >= 0.3 is 5.97 Å². The topological polar surface area (TPSA) is 82.5 Å². The molecule has 0 spiro atoms. The Morgan fingerprint density at radius 2 is 2.06 bits per heavy atom. The minimum atomic E-state index is -1.03. The molecule has 5 heteroatoms. The third-order valence-corrected chi connectivity index (χ3v) is 3.33. The Morgan fingerprint density at radius 1 is 1.39 bits per heavy atom. The number of aromatic nitrogens is 1. The summed E-state index contributed by atoms with van der Waals surface area (Å²) in [6.45, 7) is 4.52. The maximum absolute atomic E-state index is 10.8. The average molecular weight is 252 g/mol. The number of rotatable bonds is 7. The number of carboxylic acid groups (broad SMARTS) is 1. The molecule has 1 aromatic heterocycles. The predicted molar refractivity (Wildman–Crippen MR) is 68.4 cm³/mol. The molecule has 1 heterocycles. The number of hydrogen-bond donors (Lipinski definition) is 3. The molecule has 0 atom stereocenters. The molecule has 0 saturated carbocycles. The van der Waals surface area contributed by atoms with Gasteiger partial charge in [0.1, 0.15) is 5.69 Å². The molecule has 0 fully saturated rings. The highest BCUT2D eigenvalue weighted by molar-refractivity contribution is 5.85. The summed E-state index contributed by atoms with van der Waals surface area (Å²) in [5.41, 5.74) is 0.382. The molecule has 0 aliphatic carbocycles. The van der Waals surface area contributed by atoms with Crippen molar-refractivity contribution in [2.45, 2.75) is 38.8 Å². The van der Waals surface area contributed by atoms with E-state index in [4.69, 9.17) is 5.11 Å². The van der Waals surface area contributed by atoms with Crippen molar-refractivity contribution in [1.29, 1.82) is 0 Å². The fraction of sp³-hybridized carbons (Fsp3) is 0.538. The van der Waals surface area contributed by atoms with Crippen molar-refractivity contribution < 1.29 is 15.0 Å². The van der Waals surface area contributed by atoms with Crippen molar-refractivity contribution in [3.05, 3.63) is 29.6 Å². The van der Waals surface area contributed by atoms with Crippen LogP contribution in [-0.2, 0) is 6.54 Å². The summed E-state index contributed by atoms with van der Waals surface area (Å²) < 4.78 is 0. The molecule has 0 aromatic carbocycles. The van der Waals surface area contributed by atoms with Crippen molar-refractivity contribution in [3.63, 3.8) is 0 Å². The highest BCUT2D eigenvalue weighted by Gasteiger charge is 2.24. The van der Waals surface area contributed by atoms with Crippen LogP contribution in [0.1, 0.15) is 42.9 Å². The highest BCUT2D eigenvalue weighted by atomic mass is 16.4. The SMILES string of the molecule is CCC(CC)(CO)NCc1cccc(C(=O)O)n1. The summed E-state index contributed by atoms with van der Waals surface area (Å²) in [5.74, 6) is -1.03. The standard InChI is InChI=1S/C13H20N2O3/c1-3-13(4-2,9-16)14-8-10-6-5-7-11(15-10)12(17)18/h5-7,14,16H,3-4,8-9H2,1-2H3,(H,17,18). The minimum absolute atomic E-state index is 0.0388. The number of aliphatic hydroxyl groups excluding tert-OH is 1. The molecule has 1 aromatic rings. The van der Waals surface area contributed by atoms with Gasteiger partial charge < -0.3 is 15.5 Å². The minimum Gasteiger partial charge on any atom is -0.477 e. The van der Waals surface area contributed by atoms with Crippen molar-refractivity contribution in [2.24, 2.45) is 0 Å². The first-order valence-electron chi connectivity index (χ1n) is 6.12. The zero-order valence-electron chi connectivity index (χ0n) is 10.8. The summed E-state index contributed by atoms with van der Waals surface area (Å²) in [7, 11) is 0. The van der Waals surface area contributed by atoms with E-state index < -0.39 is 5.97 Å². The van der Waals surface area contributed by atoms with Gasteiger partial charge in [0, 0.05) is 12.1 Å². The highest BCUT2D eigenvalue weighted by Crippen LogP contribution is 2.14. The lowest BCUT2D eigenvalue weighted by Crippen LogP contribution is -2.47. The molecular formula is C13H20N2O3. The second-order valence-electron chi connectivity index (χ2n) is 4.32. The van der Waals surface area contributed by atoms with Gasteiger partial charge in [-0.05, 0) is 25.0 Å². The van der Waals surface area contributed by atoms with E-state index in [9.17, 15) is 9.90 Å². The fourth-order valence-corrected chi connectivity index (χ4v) is 1.75. The van der Waals surface area contributed by atoms with Gasteiger partial charge in [0.15, 0.2) is 0 Å². The van der Waals surface area contributed by atoms with Crippen molar-refractivity contribution in [3.8, 4) is 0 Å². The molecule has 18 heavy (non-hydrogen) atoms. The van der Waals surface area contributed by atoms with Crippen LogP contribution in [0.4, 0.5) is 0 Å². The molecule has 1 rings (SSSR count). The third kappa shape index (κ3) is 3.51. The van der Waals surface area contributed by atoms with Gasteiger partial charge in [0.05, 0.1) is 12.3 Å². The number of carboxylic acids is 1. The largest absolute Gasteiger partial charge is 0.477 e. The quantitative estimate of drug-likeness (QED) is 0.683. The van der Waals surface area contributed by atoms with E-state index in [0.29, 0.717) is 12.2 Å². The first kappa shape index (κ1) is 14.6. The van der Waals surface area contributed by atoms with Gasteiger partial charge in [-0.1, -0.05) is 19.9 Å². The molecule has 0 saturated heterocycles. The van der Waals surface area contributed by atoms with Gasteiger partial charge in [-0.15, -0.1) is 0 Å². The lowest BCUT2D eigenvalue weighted by atomic mass is 9.94. The smallest absolute Gasteiger partial charge is 0.354 e. The second-order valence-corrected chi connectivity index (χ2v) is 4.32. The molecule has 0 radical (unpaired) electrons. The van der Waals surface area contributed by atoms with E-state index in [1.54, 1.807) is 12.1 Å². The normalized spacial score (nSPS) is 11.5. The molecule has 3 N–H and O–H groups in total. The number of hydrogen-bond acceptors (Lipinski definition) is 4. The van der Waals surface area contributed by atoms with Crippen LogP contribution in [0.5, 0.6) is 0 Å². The van der Waals surface area contributed by atoms with Gasteiger partial charge in [0.2, 0.25) is 0 Å². The zero-order valence-corrected chi connectivity index (χ0v) is 10.8. The molecule has 100 valence electrons. The van der Waals surface area contributed by atoms with E-state index in [2.05, 4.69) is 10.3 Å². The Labute approximate surface area is 107 Å². The third-order valence-electron chi connectivity index (χ3n) is 3.33. The van der Waals surface area contributed by atoms with E-state index in [0.717, 1.165) is 12.8 Å². The Bertz CT molecular complexity index is 395. The van der Waals surface area contributed by atoms with Crippen molar-refractivity contribution in [1.82, 2.24) is 10.3 Å². The van der Waals surface area contributed by atoms with Crippen LogP contribution in [-0.4, -0.2) is 33.3 Å². The van der Waals surface area contributed by atoms with Crippen LogP contribution in [0, 0.1) is 0 Å². The average Bonchev–Trinajstić information content (AvgIpc) is 2.41. The van der Waals surface area contributed by atoms with Crippen LogP contribution in [0.25, 0.3) is 0 Å². The second kappa shape index (κ2) is 6.47. The van der Waals surface area contributed by atoms with E-state index in [-0.39, 0.29) is 17.8 Å². The van der Waals surface area contributed by atoms with Crippen LogP contribution in [0.15, 0.2) is 18.2 Å². The number of pyridine rings is 1. The molecule has 0 aliphatic rings. The van der Waals surface area contributed by atoms with Crippen LogP contribution in [0.3, 0.4) is 0 Å². The number of carbonyl (C=O) groups is 1. The summed E-state index contributed by atoms with van der Waals surface area (Å²) in [6.07, 6.45) is 1.61. The first-order valence-corrected chi connectivity index (χ1v) is 6.12. The van der Waals surface area contributed by atoms with Crippen LogP contribution >= 0.6 is 0 Å². The predicted octanol–water partition coefficient (Wildman–Crippen LogP) is 1.42. The number of aliphatic hydroxyl groups is 1. The summed E-state index contributed by atoms with van der Waals surface area (Å²) in [6, 6.07) is 4.91. The van der Waals surface area contributed by atoms with Crippen LogP contribution < -0.4 is 5.32 Å². The Balaban J connectivity index is 2.73. The Kier molecular flexibility index (Phi) is 5.25. The maximum Gasteiger partial charge on any atom is 0.354 e. The summed E-state index contributed by atoms with van der Waals surface area (Å²) >= 11 is 0. The molecule has 0 amide bonds. The van der Waals surface area contributed by atoms with Gasteiger partial charge in [-0.25, -0.2) is 9.78 Å². The maximum atomic E-state index is 10.8. The number of nitrogens with zero attached hydrogens (tertiary/aromatic N) is 1. The van der Waals surface area contributed by atoms with E-state index in [1.807, 2.05) is 13.8 Å². The van der Waals surface area contributed by atoms with Crippen LogP contribution in [0.2, 0.25) is 0 Å². The lowest BCUT2D eigenvalue weighted by molar-refractivity contribution is 0.0690. The van der Waals surface area contributed by atoms with Gasteiger partial charge in [0.25, 0.3) is 0 Å². The Morgan fingerprint density at radius 3 is 2.56 bits per heavy atom. The Hall–Kier alpha value is -1.46. The fourth-order valence-electron chi connectivity index (χ4n) is 1.75. The molecular weight excluding hydrogens is 232 g/mol. The molecule has 5 nitrogen and oxygen atoms in total. The van der Waals surface area contributed by atoms with Gasteiger partial charge in [-0.3, -0.25) is 0 Å². The number of aromatic carboxylic acids is 1. The molecule has 0 unspecified atom stereocenters. The monoisotopic (exact) mass is 252 g/mol. The van der Waals surface area contributed by atoms with Crippen molar-refractivity contribution in [2.75, 3.05) is 6.61 Å². The first-order chi connectivity index (χ1) is 8.56. The van der Waals surface area contributed by atoms with E-state index >= 15 is 0 Å². The van der Waals surface area contributed by atoms with E-state index in [1.165, 1.54) is 6.07 Å². The molecule has 0 aliphatic heterocycles. The summed E-state index contributed by atoms with van der Waals surface area (Å²) in [4.78, 5) is 14.8. The number of nitrogens with one attached hydrogen (secondary N) is 1. The summed E-state index contributed by atoms with van der Waals surface area (Å²) in [5, 5.41) is 21.5.